The zero-order valence-electron chi connectivity index (χ0n) is 14.7. The molecule has 1 heterocycles. The number of benzene rings is 1. The van der Waals surface area contributed by atoms with Gasteiger partial charge < -0.3 is 14.4 Å². The van der Waals surface area contributed by atoms with E-state index >= 15 is 0 Å². The van der Waals surface area contributed by atoms with E-state index in [-0.39, 0.29) is 11.9 Å². The van der Waals surface area contributed by atoms with Crippen molar-refractivity contribution in [3.05, 3.63) is 29.8 Å². The molecule has 0 spiro atoms. The fourth-order valence-electron chi connectivity index (χ4n) is 2.75. The summed E-state index contributed by atoms with van der Waals surface area (Å²) in [6, 6.07) is 5.32. The number of hydrogen-bond acceptors (Lipinski definition) is 5. The lowest BCUT2D eigenvalue weighted by atomic mass is 10.1. The average molecular weight is 368 g/mol. The summed E-state index contributed by atoms with van der Waals surface area (Å²) in [5, 5.41) is 0. The Morgan fingerprint density at radius 3 is 2.40 bits per heavy atom. The first-order chi connectivity index (χ1) is 11.8. The van der Waals surface area contributed by atoms with Crippen LogP contribution in [-0.4, -0.2) is 58.8 Å². The normalized spacial score (nSPS) is 16.2. The Morgan fingerprint density at radius 2 is 1.84 bits per heavy atom. The number of carbonyl (C=O) groups is 1. The van der Waals surface area contributed by atoms with Gasteiger partial charge in [-0.15, -0.1) is 0 Å². The molecule has 1 saturated heterocycles. The molecule has 1 fully saturated rings. The molecule has 1 amide bonds. The summed E-state index contributed by atoms with van der Waals surface area (Å²) in [5.41, 5.74) is 0.833. The molecule has 138 valence electrons. The molecule has 0 unspecified atom stereocenters. The SMILES string of the molecule is COc1ccc(C=CC(=O)N2CCC(NS(C)(=O)=O)CC2)cc1OC. The summed E-state index contributed by atoms with van der Waals surface area (Å²) in [7, 11) is -0.0804. The summed E-state index contributed by atoms with van der Waals surface area (Å²) in [5.74, 6) is 1.14. The fraction of sp³-hybridized carbons (Fsp3) is 0.471. The van der Waals surface area contributed by atoms with Gasteiger partial charge in [0.25, 0.3) is 0 Å². The molecule has 0 atom stereocenters. The molecule has 2 rings (SSSR count). The lowest BCUT2D eigenvalue weighted by Gasteiger charge is -2.31. The highest BCUT2D eigenvalue weighted by molar-refractivity contribution is 7.88. The van der Waals surface area contributed by atoms with Crippen LogP contribution in [0.2, 0.25) is 0 Å². The first-order valence-corrected chi connectivity index (χ1v) is 9.88. The first kappa shape index (κ1) is 19.3. The summed E-state index contributed by atoms with van der Waals surface area (Å²) in [6.45, 7) is 1.06. The van der Waals surface area contributed by atoms with Crippen molar-refractivity contribution in [1.82, 2.24) is 9.62 Å². The maximum Gasteiger partial charge on any atom is 0.246 e. The maximum absolute atomic E-state index is 12.3. The highest BCUT2D eigenvalue weighted by Gasteiger charge is 2.23. The van der Waals surface area contributed by atoms with Crippen molar-refractivity contribution in [3.8, 4) is 11.5 Å². The van der Waals surface area contributed by atoms with Gasteiger partial charge in [0.15, 0.2) is 11.5 Å². The van der Waals surface area contributed by atoms with Crippen LogP contribution in [0, 0.1) is 0 Å². The van der Waals surface area contributed by atoms with Crippen LogP contribution in [0.15, 0.2) is 24.3 Å². The van der Waals surface area contributed by atoms with E-state index in [1.165, 1.54) is 6.08 Å². The van der Waals surface area contributed by atoms with Gasteiger partial charge in [-0.25, -0.2) is 13.1 Å². The summed E-state index contributed by atoms with van der Waals surface area (Å²) >= 11 is 0. The van der Waals surface area contributed by atoms with Gasteiger partial charge in [-0.05, 0) is 36.6 Å². The average Bonchev–Trinajstić information content (AvgIpc) is 2.58. The fourth-order valence-corrected chi connectivity index (χ4v) is 3.59. The quantitative estimate of drug-likeness (QED) is 0.764. The number of ether oxygens (including phenoxy) is 2. The largest absolute Gasteiger partial charge is 0.493 e. The van der Waals surface area contributed by atoms with E-state index in [2.05, 4.69) is 4.72 Å². The van der Waals surface area contributed by atoms with Crippen LogP contribution in [0.5, 0.6) is 11.5 Å². The number of hydrogen-bond donors (Lipinski definition) is 1. The zero-order chi connectivity index (χ0) is 18.4. The number of amides is 1. The van der Waals surface area contributed by atoms with Crippen LogP contribution in [0.4, 0.5) is 0 Å². The number of nitrogens with zero attached hydrogens (tertiary/aromatic N) is 1. The number of sulfonamides is 1. The number of piperidine rings is 1. The molecule has 1 aliphatic rings. The minimum Gasteiger partial charge on any atom is -0.493 e. The third kappa shape index (κ3) is 5.75. The van der Waals surface area contributed by atoms with Crippen LogP contribution >= 0.6 is 0 Å². The van der Waals surface area contributed by atoms with E-state index in [0.29, 0.717) is 37.4 Å². The second-order valence-electron chi connectivity index (χ2n) is 5.94. The highest BCUT2D eigenvalue weighted by atomic mass is 32.2. The van der Waals surface area contributed by atoms with E-state index in [9.17, 15) is 13.2 Å². The van der Waals surface area contributed by atoms with E-state index in [1.54, 1.807) is 37.3 Å². The van der Waals surface area contributed by atoms with Gasteiger partial charge in [0.2, 0.25) is 15.9 Å². The molecule has 1 aromatic carbocycles. The third-order valence-electron chi connectivity index (χ3n) is 4.01. The van der Waals surface area contributed by atoms with Gasteiger partial charge in [-0.1, -0.05) is 6.07 Å². The Kier molecular flexibility index (Phi) is 6.44. The number of nitrogens with one attached hydrogen (secondary N) is 1. The van der Waals surface area contributed by atoms with Gasteiger partial charge in [0.05, 0.1) is 20.5 Å². The summed E-state index contributed by atoms with van der Waals surface area (Å²) < 4.78 is 35.5. The van der Waals surface area contributed by atoms with Crippen LogP contribution in [0.3, 0.4) is 0 Å². The van der Waals surface area contributed by atoms with Crippen molar-refractivity contribution in [2.45, 2.75) is 18.9 Å². The summed E-state index contributed by atoms with van der Waals surface area (Å²) in [6.07, 6.45) is 5.62. The molecule has 7 nitrogen and oxygen atoms in total. The van der Waals surface area contributed by atoms with Gasteiger partial charge in [0, 0.05) is 25.2 Å². The van der Waals surface area contributed by atoms with Crippen molar-refractivity contribution < 1.29 is 22.7 Å². The Hall–Kier alpha value is -2.06. The number of methoxy groups -OCH3 is 2. The lowest BCUT2D eigenvalue weighted by molar-refractivity contribution is -0.126. The second-order valence-corrected chi connectivity index (χ2v) is 7.72. The van der Waals surface area contributed by atoms with Gasteiger partial charge >= 0.3 is 0 Å². The van der Waals surface area contributed by atoms with Crippen molar-refractivity contribution in [2.24, 2.45) is 0 Å². The Balaban J connectivity index is 1.93. The van der Waals surface area contributed by atoms with Gasteiger partial charge in [-0.3, -0.25) is 4.79 Å². The second kappa shape index (κ2) is 8.35. The Morgan fingerprint density at radius 1 is 1.20 bits per heavy atom. The molecule has 0 aromatic heterocycles. The van der Waals surface area contributed by atoms with E-state index in [4.69, 9.17) is 9.47 Å². The van der Waals surface area contributed by atoms with Crippen molar-refractivity contribution in [1.29, 1.82) is 0 Å². The topological polar surface area (TPSA) is 84.9 Å². The van der Waals surface area contributed by atoms with Gasteiger partial charge in [0.1, 0.15) is 0 Å². The van der Waals surface area contributed by atoms with Crippen molar-refractivity contribution in [2.75, 3.05) is 33.6 Å². The predicted molar refractivity (Wildman–Crippen MR) is 96.2 cm³/mol. The molecule has 8 heteroatoms. The van der Waals surface area contributed by atoms with Crippen LogP contribution < -0.4 is 14.2 Å². The minimum absolute atomic E-state index is 0.0902. The number of likely N-dealkylation sites (tertiary alicyclic amines) is 1. The molecule has 0 saturated carbocycles. The summed E-state index contributed by atoms with van der Waals surface area (Å²) in [4.78, 5) is 14.0. The van der Waals surface area contributed by atoms with E-state index in [0.717, 1.165) is 11.8 Å². The molecule has 0 radical (unpaired) electrons. The molecular weight excluding hydrogens is 344 g/mol. The van der Waals surface area contributed by atoms with Crippen molar-refractivity contribution >= 4 is 22.0 Å². The molecule has 0 bridgehead atoms. The predicted octanol–water partition coefficient (Wildman–Crippen LogP) is 1.26. The van der Waals surface area contributed by atoms with Crippen LogP contribution in [-0.2, 0) is 14.8 Å². The number of carbonyl (C=O) groups excluding carboxylic acids is 1. The number of rotatable bonds is 6. The van der Waals surface area contributed by atoms with Crippen LogP contribution in [0.1, 0.15) is 18.4 Å². The van der Waals surface area contributed by atoms with Gasteiger partial charge in [-0.2, -0.15) is 0 Å². The maximum atomic E-state index is 12.3. The Labute approximate surface area is 148 Å². The smallest absolute Gasteiger partial charge is 0.246 e. The molecular formula is C17H24N2O5S. The van der Waals surface area contributed by atoms with E-state index in [1.807, 2.05) is 6.07 Å². The van der Waals surface area contributed by atoms with Crippen LogP contribution in [0.25, 0.3) is 6.08 Å². The standard InChI is InChI=1S/C17H24N2O5S/c1-23-15-6-4-13(12-16(15)24-2)5-7-17(20)19-10-8-14(9-11-19)18-25(3,21)22/h4-7,12,14,18H,8-11H2,1-3H3. The zero-order valence-corrected chi connectivity index (χ0v) is 15.5. The Bertz CT molecular complexity index is 737. The lowest BCUT2D eigenvalue weighted by Crippen LogP contribution is -2.45. The highest BCUT2D eigenvalue weighted by Crippen LogP contribution is 2.28. The molecule has 25 heavy (non-hydrogen) atoms. The molecule has 1 aromatic rings. The molecule has 1 aliphatic heterocycles. The molecule has 0 aliphatic carbocycles. The van der Waals surface area contributed by atoms with Crippen molar-refractivity contribution in [3.63, 3.8) is 0 Å². The molecule has 1 N–H and O–H groups in total. The first-order valence-electron chi connectivity index (χ1n) is 7.98. The minimum atomic E-state index is -3.21. The van der Waals surface area contributed by atoms with E-state index < -0.39 is 10.0 Å². The third-order valence-corrected chi connectivity index (χ3v) is 4.77. The monoisotopic (exact) mass is 368 g/mol.